The van der Waals surface area contributed by atoms with Gasteiger partial charge in [0.2, 0.25) is 0 Å². The molecular weight excluding hydrogens is 354 g/mol. The molecule has 2 unspecified atom stereocenters. The summed E-state index contributed by atoms with van der Waals surface area (Å²) < 4.78 is 5.59. The number of amides is 1. The highest BCUT2D eigenvalue weighted by Crippen LogP contribution is 2.44. The summed E-state index contributed by atoms with van der Waals surface area (Å²) in [6, 6.07) is 16.5. The molecule has 28 heavy (non-hydrogen) atoms. The Bertz CT molecular complexity index is 833. The molecule has 4 rings (SSSR count). The van der Waals surface area contributed by atoms with E-state index in [1.54, 1.807) is 0 Å². The van der Waals surface area contributed by atoms with E-state index in [-0.39, 0.29) is 17.9 Å². The molecule has 2 atom stereocenters. The van der Waals surface area contributed by atoms with E-state index in [4.69, 9.17) is 4.74 Å². The van der Waals surface area contributed by atoms with Crippen molar-refractivity contribution in [3.8, 4) is 11.1 Å². The van der Waals surface area contributed by atoms with Crippen LogP contribution in [0.5, 0.6) is 0 Å². The van der Waals surface area contributed by atoms with E-state index < -0.39 is 12.1 Å². The van der Waals surface area contributed by atoms with Gasteiger partial charge in [0.15, 0.2) is 0 Å². The van der Waals surface area contributed by atoms with Crippen LogP contribution in [-0.4, -0.2) is 29.8 Å². The van der Waals surface area contributed by atoms with E-state index in [1.807, 2.05) is 24.3 Å². The lowest BCUT2D eigenvalue weighted by Crippen LogP contribution is -2.35. The minimum Gasteiger partial charge on any atom is -0.481 e. The van der Waals surface area contributed by atoms with Gasteiger partial charge in [0.05, 0.1) is 5.92 Å². The summed E-state index contributed by atoms with van der Waals surface area (Å²) in [5.41, 5.74) is 4.79. The average molecular weight is 379 g/mol. The molecule has 5 heteroatoms. The van der Waals surface area contributed by atoms with Crippen molar-refractivity contribution in [1.29, 1.82) is 0 Å². The van der Waals surface area contributed by atoms with Crippen LogP contribution in [0.3, 0.4) is 0 Å². The number of carbonyl (C=O) groups excluding carboxylic acids is 1. The second kappa shape index (κ2) is 8.05. The van der Waals surface area contributed by atoms with Gasteiger partial charge in [-0.15, -0.1) is 0 Å². The predicted octanol–water partition coefficient (Wildman–Crippen LogP) is 4.56. The Balaban J connectivity index is 1.37. The second-order valence-corrected chi connectivity index (χ2v) is 7.71. The fraction of sp³-hybridized carbons (Fsp3) is 0.391. The molecule has 1 saturated carbocycles. The maximum Gasteiger partial charge on any atom is 0.407 e. The van der Waals surface area contributed by atoms with Crippen LogP contribution in [0.4, 0.5) is 4.79 Å². The number of hydrogen-bond donors (Lipinski definition) is 2. The van der Waals surface area contributed by atoms with Crippen LogP contribution in [0.2, 0.25) is 0 Å². The van der Waals surface area contributed by atoms with E-state index in [0.717, 1.165) is 12.8 Å². The van der Waals surface area contributed by atoms with Gasteiger partial charge in [0, 0.05) is 12.0 Å². The van der Waals surface area contributed by atoms with Crippen molar-refractivity contribution in [1.82, 2.24) is 5.32 Å². The van der Waals surface area contributed by atoms with Crippen LogP contribution in [0.25, 0.3) is 11.1 Å². The van der Waals surface area contributed by atoms with Crippen LogP contribution >= 0.6 is 0 Å². The highest BCUT2D eigenvalue weighted by atomic mass is 16.5. The van der Waals surface area contributed by atoms with Crippen molar-refractivity contribution < 1.29 is 19.4 Å². The van der Waals surface area contributed by atoms with Crippen LogP contribution in [0.15, 0.2) is 48.5 Å². The first-order valence-corrected chi connectivity index (χ1v) is 9.98. The number of carboxylic acid groups (broad SMARTS) is 1. The molecule has 0 radical (unpaired) electrons. The zero-order chi connectivity index (χ0) is 19.5. The summed E-state index contributed by atoms with van der Waals surface area (Å²) in [5, 5.41) is 12.1. The topological polar surface area (TPSA) is 75.6 Å². The molecule has 0 bridgehead atoms. The minimum atomic E-state index is -0.734. The van der Waals surface area contributed by atoms with Gasteiger partial charge in [-0.05, 0) is 47.9 Å². The van der Waals surface area contributed by atoms with Crippen LogP contribution in [0.1, 0.15) is 49.1 Å². The van der Waals surface area contributed by atoms with Gasteiger partial charge in [-0.2, -0.15) is 0 Å². The lowest BCUT2D eigenvalue weighted by atomic mass is 9.98. The lowest BCUT2D eigenvalue weighted by molar-refractivity contribution is -0.142. The molecule has 1 fully saturated rings. The first-order valence-electron chi connectivity index (χ1n) is 9.98. The number of hydrogen-bond acceptors (Lipinski definition) is 3. The molecule has 2 aromatic rings. The van der Waals surface area contributed by atoms with E-state index >= 15 is 0 Å². The molecule has 0 aliphatic heterocycles. The Morgan fingerprint density at radius 2 is 1.57 bits per heavy atom. The molecule has 0 heterocycles. The Labute approximate surface area is 164 Å². The third kappa shape index (κ3) is 3.75. The Kier molecular flexibility index (Phi) is 5.33. The van der Waals surface area contributed by atoms with E-state index in [1.165, 1.54) is 22.3 Å². The molecular formula is C23H25NO4. The van der Waals surface area contributed by atoms with Crippen molar-refractivity contribution >= 4 is 12.1 Å². The molecule has 2 aromatic carbocycles. The van der Waals surface area contributed by atoms with Gasteiger partial charge >= 0.3 is 12.1 Å². The lowest BCUT2D eigenvalue weighted by Gasteiger charge is -2.18. The van der Waals surface area contributed by atoms with E-state index in [9.17, 15) is 14.7 Å². The summed E-state index contributed by atoms with van der Waals surface area (Å²) in [6.07, 6.45) is 3.16. The Morgan fingerprint density at radius 3 is 2.21 bits per heavy atom. The SMILES string of the molecule is O=C(NC1CCCC(C(=O)O)CC1)OCC1c2ccccc2-c2ccccc21. The quantitative estimate of drug-likeness (QED) is 0.764. The number of benzene rings is 2. The van der Waals surface area contributed by atoms with Gasteiger partial charge in [-0.25, -0.2) is 4.79 Å². The maximum absolute atomic E-state index is 12.4. The zero-order valence-corrected chi connectivity index (χ0v) is 15.8. The Morgan fingerprint density at radius 1 is 0.929 bits per heavy atom. The molecule has 1 amide bonds. The Hall–Kier alpha value is -2.82. The van der Waals surface area contributed by atoms with Crippen LogP contribution in [-0.2, 0) is 9.53 Å². The monoisotopic (exact) mass is 379 g/mol. The maximum atomic E-state index is 12.4. The van der Waals surface area contributed by atoms with Gasteiger partial charge in [0.25, 0.3) is 0 Å². The standard InChI is InChI=1S/C23H25NO4/c25-22(26)15-6-5-7-16(13-12-15)24-23(27)28-14-21-19-10-3-1-8-17(19)18-9-2-4-11-20(18)21/h1-4,8-11,15-16,21H,5-7,12-14H2,(H,24,27)(H,25,26). The highest BCUT2D eigenvalue weighted by molar-refractivity contribution is 5.79. The average Bonchev–Trinajstić information content (AvgIpc) is 2.83. The third-order valence-electron chi connectivity index (χ3n) is 5.98. The largest absolute Gasteiger partial charge is 0.481 e. The van der Waals surface area contributed by atoms with Crippen molar-refractivity contribution in [2.45, 2.75) is 44.1 Å². The summed E-state index contributed by atoms with van der Waals surface area (Å²) in [5.74, 6) is -0.986. The van der Waals surface area contributed by atoms with Crippen molar-refractivity contribution in [2.75, 3.05) is 6.61 Å². The number of ether oxygens (including phenoxy) is 1. The zero-order valence-electron chi connectivity index (χ0n) is 15.8. The molecule has 0 spiro atoms. The molecule has 2 aliphatic rings. The second-order valence-electron chi connectivity index (χ2n) is 7.71. The number of carbonyl (C=O) groups is 2. The summed E-state index contributed by atoms with van der Waals surface area (Å²) >= 11 is 0. The van der Waals surface area contributed by atoms with E-state index in [2.05, 4.69) is 29.6 Å². The van der Waals surface area contributed by atoms with Gasteiger partial charge in [0.1, 0.15) is 6.61 Å². The number of fused-ring (bicyclic) bond motifs is 3. The van der Waals surface area contributed by atoms with E-state index in [0.29, 0.717) is 25.9 Å². The minimum absolute atomic E-state index is 0.0139. The molecule has 2 aliphatic carbocycles. The van der Waals surface area contributed by atoms with Crippen molar-refractivity contribution in [2.24, 2.45) is 5.92 Å². The number of carboxylic acids is 1. The number of rotatable bonds is 4. The third-order valence-corrected chi connectivity index (χ3v) is 5.98. The molecule has 5 nitrogen and oxygen atoms in total. The number of alkyl carbamates (subject to hydrolysis) is 1. The molecule has 0 saturated heterocycles. The smallest absolute Gasteiger partial charge is 0.407 e. The number of nitrogens with one attached hydrogen (secondary N) is 1. The normalized spacial score (nSPS) is 21.3. The first-order chi connectivity index (χ1) is 13.6. The predicted molar refractivity (Wildman–Crippen MR) is 106 cm³/mol. The molecule has 146 valence electrons. The first kappa shape index (κ1) is 18.5. The van der Waals surface area contributed by atoms with Gasteiger partial charge in [-0.1, -0.05) is 55.0 Å². The highest BCUT2D eigenvalue weighted by Gasteiger charge is 2.29. The fourth-order valence-corrected chi connectivity index (χ4v) is 4.50. The number of aliphatic carboxylic acids is 1. The summed E-state index contributed by atoms with van der Waals surface area (Å²) in [4.78, 5) is 23.5. The summed E-state index contributed by atoms with van der Waals surface area (Å²) in [7, 11) is 0. The van der Waals surface area contributed by atoms with Crippen molar-refractivity contribution in [3.05, 3.63) is 59.7 Å². The fourth-order valence-electron chi connectivity index (χ4n) is 4.50. The van der Waals surface area contributed by atoms with Gasteiger partial charge in [-0.3, -0.25) is 4.79 Å². The molecule has 0 aromatic heterocycles. The van der Waals surface area contributed by atoms with Crippen LogP contribution in [0, 0.1) is 5.92 Å². The van der Waals surface area contributed by atoms with Gasteiger partial charge < -0.3 is 15.2 Å². The molecule has 2 N–H and O–H groups in total. The van der Waals surface area contributed by atoms with Crippen LogP contribution < -0.4 is 5.32 Å². The summed E-state index contributed by atoms with van der Waals surface area (Å²) in [6.45, 7) is 0.296. The van der Waals surface area contributed by atoms with Crippen molar-refractivity contribution in [3.63, 3.8) is 0 Å².